The Morgan fingerprint density at radius 1 is 1.08 bits per heavy atom. The summed E-state index contributed by atoms with van der Waals surface area (Å²) in [5, 5.41) is 9.02. The number of urea groups is 1. The zero-order chi connectivity index (χ0) is 17.8. The second kappa shape index (κ2) is 7.44. The lowest BCUT2D eigenvalue weighted by molar-refractivity contribution is 0.187. The molecule has 6 nitrogen and oxygen atoms in total. The van der Waals surface area contributed by atoms with E-state index < -0.39 is 6.09 Å². The molecule has 1 unspecified atom stereocenters. The minimum Gasteiger partial charge on any atom is -0.453 e. The number of hydrogen-bond acceptors (Lipinski definition) is 3. The summed E-state index contributed by atoms with van der Waals surface area (Å²) in [6, 6.07) is 12.2. The predicted molar refractivity (Wildman–Crippen MR) is 97.1 cm³/mol. The number of nitrogens with one attached hydrogen (secondary N) is 3. The van der Waals surface area contributed by atoms with Crippen LogP contribution in [0.3, 0.4) is 0 Å². The quantitative estimate of drug-likeness (QED) is 0.763. The van der Waals surface area contributed by atoms with E-state index in [0.717, 1.165) is 18.4 Å². The molecule has 0 radical (unpaired) electrons. The third-order valence-corrected chi connectivity index (χ3v) is 4.30. The number of ether oxygens (including phenoxy) is 1. The Labute approximate surface area is 150 Å². The number of halogens is 1. The molecule has 0 aromatic heterocycles. The van der Waals surface area contributed by atoms with Gasteiger partial charge in [0.1, 0.15) is 0 Å². The standard InChI is InChI=1S/C18H18ClN3O3/c1-25-18(24)21-14-6-4-13(5-7-14)20-17(23)22-16-9-2-11-10-12(19)3-8-15(11)16/h3-8,10,16H,2,9H2,1H3,(H,21,24)(H2,20,22,23). The van der Waals surface area contributed by atoms with Crippen LogP contribution in [0.15, 0.2) is 42.5 Å². The fraction of sp³-hybridized carbons (Fsp3) is 0.222. The van der Waals surface area contributed by atoms with Crippen molar-refractivity contribution in [2.75, 3.05) is 17.7 Å². The van der Waals surface area contributed by atoms with Crippen LogP contribution in [0.4, 0.5) is 21.0 Å². The van der Waals surface area contributed by atoms with Crippen LogP contribution in [0.1, 0.15) is 23.6 Å². The van der Waals surface area contributed by atoms with Crippen LogP contribution < -0.4 is 16.0 Å². The molecule has 0 heterocycles. The van der Waals surface area contributed by atoms with Crippen LogP contribution in [0.5, 0.6) is 0 Å². The highest BCUT2D eigenvalue weighted by molar-refractivity contribution is 6.30. The van der Waals surface area contributed by atoms with Crippen molar-refractivity contribution in [2.45, 2.75) is 18.9 Å². The number of hydrogen-bond donors (Lipinski definition) is 3. The smallest absolute Gasteiger partial charge is 0.411 e. The van der Waals surface area contributed by atoms with Gasteiger partial charge in [0.2, 0.25) is 0 Å². The zero-order valence-electron chi connectivity index (χ0n) is 13.6. The molecule has 1 aliphatic rings. The van der Waals surface area contributed by atoms with Crippen LogP contribution in [0.2, 0.25) is 5.02 Å². The first kappa shape index (κ1) is 17.1. The Morgan fingerprint density at radius 3 is 2.44 bits per heavy atom. The minimum absolute atomic E-state index is 0.0208. The third-order valence-electron chi connectivity index (χ3n) is 4.06. The van der Waals surface area contributed by atoms with Crippen LogP contribution in [0, 0.1) is 0 Å². The predicted octanol–water partition coefficient (Wildman–Crippen LogP) is 4.33. The molecule has 0 spiro atoms. The molecular formula is C18H18ClN3O3. The van der Waals surface area contributed by atoms with Crippen molar-refractivity contribution in [1.29, 1.82) is 0 Å². The van der Waals surface area contributed by atoms with Crippen molar-refractivity contribution in [3.05, 3.63) is 58.6 Å². The molecule has 1 atom stereocenters. The van der Waals surface area contributed by atoms with Crippen LogP contribution in [0.25, 0.3) is 0 Å². The second-order valence-electron chi connectivity index (χ2n) is 5.73. The highest BCUT2D eigenvalue weighted by atomic mass is 35.5. The van der Waals surface area contributed by atoms with Gasteiger partial charge in [0, 0.05) is 16.4 Å². The highest BCUT2D eigenvalue weighted by Gasteiger charge is 2.24. The molecule has 2 aromatic rings. The summed E-state index contributed by atoms with van der Waals surface area (Å²) in [5.74, 6) is 0. The summed E-state index contributed by atoms with van der Waals surface area (Å²) in [6.07, 6.45) is 1.21. The number of rotatable bonds is 3. The summed E-state index contributed by atoms with van der Waals surface area (Å²) in [6.45, 7) is 0. The molecule has 0 saturated heterocycles. The summed E-state index contributed by atoms with van der Waals surface area (Å²) >= 11 is 6.00. The zero-order valence-corrected chi connectivity index (χ0v) is 14.4. The topological polar surface area (TPSA) is 79.5 Å². The average molecular weight is 360 g/mol. The number of carbonyl (C=O) groups is 2. The van der Waals surface area contributed by atoms with Gasteiger partial charge in [-0.1, -0.05) is 17.7 Å². The maximum atomic E-state index is 12.2. The van der Waals surface area contributed by atoms with E-state index in [4.69, 9.17) is 11.6 Å². The molecule has 1 aliphatic carbocycles. The van der Waals surface area contributed by atoms with E-state index in [-0.39, 0.29) is 12.1 Å². The Hall–Kier alpha value is -2.73. The molecule has 0 bridgehead atoms. The Bertz CT molecular complexity index is 793. The van der Waals surface area contributed by atoms with Gasteiger partial charge in [0.25, 0.3) is 0 Å². The van der Waals surface area contributed by atoms with E-state index in [1.807, 2.05) is 18.2 Å². The molecule has 0 fully saturated rings. The van der Waals surface area contributed by atoms with E-state index in [1.165, 1.54) is 12.7 Å². The van der Waals surface area contributed by atoms with Crippen molar-refractivity contribution >= 4 is 35.1 Å². The van der Waals surface area contributed by atoms with Gasteiger partial charge < -0.3 is 15.4 Å². The monoisotopic (exact) mass is 359 g/mol. The minimum atomic E-state index is -0.543. The maximum Gasteiger partial charge on any atom is 0.411 e. The Morgan fingerprint density at radius 2 is 1.76 bits per heavy atom. The molecule has 130 valence electrons. The summed E-state index contributed by atoms with van der Waals surface area (Å²) in [7, 11) is 1.30. The van der Waals surface area contributed by atoms with Crippen molar-refractivity contribution in [3.8, 4) is 0 Å². The number of benzene rings is 2. The molecule has 0 saturated carbocycles. The third kappa shape index (κ3) is 4.22. The maximum absolute atomic E-state index is 12.2. The number of aryl methyl sites for hydroxylation is 1. The number of anilines is 2. The first-order valence-corrected chi connectivity index (χ1v) is 8.24. The molecule has 2 aromatic carbocycles. The first-order valence-electron chi connectivity index (χ1n) is 7.86. The van der Waals surface area contributed by atoms with Gasteiger partial charge in [-0.25, -0.2) is 9.59 Å². The summed E-state index contributed by atoms with van der Waals surface area (Å²) < 4.78 is 4.52. The fourth-order valence-electron chi connectivity index (χ4n) is 2.87. The number of fused-ring (bicyclic) bond motifs is 1. The van der Waals surface area contributed by atoms with Gasteiger partial charge in [-0.15, -0.1) is 0 Å². The van der Waals surface area contributed by atoms with Crippen LogP contribution >= 0.6 is 11.6 Å². The van der Waals surface area contributed by atoms with E-state index in [1.54, 1.807) is 24.3 Å². The second-order valence-corrected chi connectivity index (χ2v) is 6.16. The van der Waals surface area contributed by atoms with Gasteiger partial charge in [-0.05, 0) is 60.4 Å². The van der Waals surface area contributed by atoms with E-state index in [9.17, 15) is 9.59 Å². The van der Waals surface area contributed by atoms with Crippen molar-refractivity contribution in [1.82, 2.24) is 5.32 Å². The molecular weight excluding hydrogens is 342 g/mol. The lowest BCUT2D eigenvalue weighted by Gasteiger charge is -2.15. The van der Waals surface area contributed by atoms with Crippen molar-refractivity contribution in [2.24, 2.45) is 0 Å². The van der Waals surface area contributed by atoms with Gasteiger partial charge >= 0.3 is 12.1 Å². The Balaban J connectivity index is 1.58. The van der Waals surface area contributed by atoms with Gasteiger partial charge in [0.15, 0.2) is 0 Å². The number of methoxy groups -OCH3 is 1. The van der Waals surface area contributed by atoms with E-state index in [0.29, 0.717) is 16.4 Å². The SMILES string of the molecule is COC(=O)Nc1ccc(NC(=O)NC2CCc3cc(Cl)ccc32)cc1. The number of amides is 3. The van der Waals surface area contributed by atoms with Gasteiger partial charge in [-0.2, -0.15) is 0 Å². The molecule has 3 rings (SSSR count). The fourth-order valence-corrected chi connectivity index (χ4v) is 3.06. The molecule has 3 amide bonds. The van der Waals surface area contributed by atoms with Gasteiger partial charge in [-0.3, -0.25) is 5.32 Å². The summed E-state index contributed by atoms with van der Waals surface area (Å²) in [5.41, 5.74) is 3.50. The molecule has 3 N–H and O–H groups in total. The van der Waals surface area contributed by atoms with Crippen molar-refractivity contribution in [3.63, 3.8) is 0 Å². The number of carbonyl (C=O) groups excluding carboxylic acids is 2. The van der Waals surface area contributed by atoms with E-state index in [2.05, 4.69) is 20.7 Å². The highest BCUT2D eigenvalue weighted by Crippen LogP contribution is 2.32. The largest absolute Gasteiger partial charge is 0.453 e. The average Bonchev–Trinajstić information content (AvgIpc) is 2.98. The molecule has 7 heteroatoms. The molecule has 25 heavy (non-hydrogen) atoms. The van der Waals surface area contributed by atoms with Crippen molar-refractivity contribution < 1.29 is 14.3 Å². The Kier molecular flexibility index (Phi) is 5.09. The van der Waals surface area contributed by atoms with Crippen LogP contribution in [-0.2, 0) is 11.2 Å². The summed E-state index contributed by atoms with van der Waals surface area (Å²) in [4.78, 5) is 23.4. The normalized spacial score (nSPS) is 15.2. The lowest BCUT2D eigenvalue weighted by Crippen LogP contribution is -2.31. The van der Waals surface area contributed by atoms with Crippen LogP contribution in [-0.4, -0.2) is 19.2 Å². The lowest BCUT2D eigenvalue weighted by atomic mass is 10.1. The van der Waals surface area contributed by atoms with E-state index >= 15 is 0 Å². The van der Waals surface area contributed by atoms with Gasteiger partial charge in [0.05, 0.1) is 13.2 Å². The first-order chi connectivity index (χ1) is 12.0. The molecule has 0 aliphatic heterocycles.